The van der Waals surface area contributed by atoms with E-state index in [1.807, 2.05) is 23.1 Å². The van der Waals surface area contributed by atoms with Gasteiger partial charge in [0.15, 0.2) is 4.34 Å². The van der Waals surface area contributed by atoms with Crippen LogP contribution in [0, 0.1) is 0 Å². The summed E-state index contributed by atoms with van der Waals surface area (Å²) < 4.78 is 0.833. The van der Waals surface area contributed by atoms with E-state index in [0.29, 0.717) is 5.75 Å². The average molecular weight is 363 g/mol. The molecule has 7 heteroatoms. The Kier molecular flexibility index (Phi) is 5.73. The van der Waals surface area contributed by atoms with E-state index in [2.05, 4.69) is 35.4 Å². The smallest absolute Gasteiger partial charge is 0.237 e. The molecule has 0 spiro atoms. The SMILES string of the molecule is CCCNc1nnc(SCC(=O)N2c3ccccc3CCC2C)s1. The van der Waals surface area contributed by atoms with Crippen LogP contribution in [0.25, 0.3) is 0 Å². The number of nitrogens with zero attached hydrogens (tertiary/aromatic N) is 3. The number of anilines is 2. The van der Waals surface area contributed by atoms with Crippen LogP contribution in [0.2, 0.25) is 0 Å². The molecule has 0 radical (unpaired) electrons. The summed E-state index contributed by atoms with van der Waals surface area (Å²) in [6.07, 6.45) is 3.10. The molecule has 2 aromatic rings. The third-order valence-electron chi connectivity index (χ3n) is 4.04. The van der Waals surface area contributed by atoms with Crippen molar-refractivity contribution in [3.05, 3.63) is 29.8 Å². The van der Waals surface area contributed by atoms with Crippen LogP contribution in [0.4, 0.5) is 10.8 Å². The number of benzene rings is 1. The first kappa shape index (κ1) is 17.2. The molecular weight excluding hydrogens is 340 g/mol. The zero-order valence-corrected chi connectivity index (χ0v) is 15.6. The number of hydrogen-bond donors (Lipinski definition) is 1. The van der Waals surface area contributed by atoms with Crippen molar-refractivity contribution in [2.45, 2.75) is 43.5 Å². The van der Waals surface area contributed by atoms with Crippen LogP contribution in [0.1, 0.15) is 32.3 Å². The van der Waals surface area contributed by atoms with Gasteiger partial charge in [-0.15, -0.1) is 10.2 Å². The van der Waals surface area contributed by atoms with Crippen LogP contribution in [0.15, 0.2) is 28.6 Å². The molecule has 3 rings (SSSR count). The predicted molar refractivity (Wildman–Crippen MR) is 101 cm³/mol. The first-order chi connectivity index (χ1) is 11.7. The number of aromatic nitrogens is 2. The highest BCUT2D eigenvalue weighted by atomic mass is 32.2. The fourth-order valence-corrected chi connectivity index (χ4v) is 4.47. The number of nitrogens with one attached hydrogen (secondary N) is 1. The number of para-hydroxylation sites is 1. The van der Waals surface area contributed by atoms with Crippen molar-refractivity contribution in [3.63, 3.8) is 0 Å². The minimum atomic E-state index is 0.137. The third-order valence-corrected chi connectivity index (χ3v) is 6.04. The Hall–Kier alpha value is -1.60. The molecule has 0 fully saturated rings. The number of rotatable bonds is 6. The molecule has 128 valence electrons. The molecule has 1 N–H and O–H groups in total. The van der Waals surface area contributed by atoms with E-state index in [1.54, 1.807) is 0 Å². The van der Waals surface area contributed by atoms with Crippen molar-refractivity contribution in [1.29, 1.82) is 0 Å². The minimum absolute atomic E-state index is 0.137. The van der Waals surface area contributed by atoms with Gasteiger partial charge in [0.1, 0.15) is 0 Å². The highest BCUT2D eigenvalue weighted by Crippen LogP contribution is 2.32. The van der Waals surface area contributed by atoms with Crippen LogP contribution in [0.5, 0.6) is 0 Å². The van der Waals surface area contributed by atoms with Crippen LogP contribution >= 0.6 is 23.1 Å². The van der Waals surface area contributed by atoms with Crippen molar-refractivity contribution in [3.8, 4) is 0 Å². The molecule has 1 aliphatic heterocycles. The summed E-state index contributed by atoms with van der Waals surface area (Å²) in [5.74, 6) is 0.527. The lowest BCUT2D eigenvalue weighted by Gasteiger charge is -2.35. The number of fused-ring (bicyclic) bond motifs is 1. The number of amides is 1. The minimum Gasteiger partial charge on any atom is -0.360 e. The Labute approximate surface area is 150 Å². The van der Waals surface area contributed by atoms with E-state index in [9.17, 15) is 4.79 Å². The molecule has 1 atom stereocenters. The van der Waals surface area contributed by atoms with Crippen LogP contribution in [0.3, 0.4) is 0 Å². The van der Waals surface area contributed by atoms with E-state index < -0.39 is 0 Å². The molecule has 1 unspecified atom stereocenters. The average Bonchev–Trinajstić information content (AvgIpc) is 3.05. The summed E-state index contributed by atoms with van der Waals surface area (Å²) in [5.41, 5.74) is 2.32. The second kappa shape index (κ2) is 7.98. The maximum atomic E-state index is 12.8. The van der Waals surface area contributed by atoms with Crippen molar-refractivity contribution in [2.75, 3.05) is 22.5 Å². The lowest BCUT2D eigenvalue weighted by atomic mass is 9.97. The van der Waals surface area contributed by atoms with Gasteiger partial charge in [-0.25, -0.2) is 0 Å². The van der Waals surface area contributed by atoms with Crippen molar-refractivity contribution in [2.24, 2.45) is 0 Å². The fraction of sp³-hybridized carbons (Fsp3) is 0.471. The predicted octanol–water partition coefficient (Wildman–Crippen LogP) is 3.82. The standard InChI is InChI=1S/C17H22N4OS2/c1-3-10-18-16-19-20-17(24-16)23-11-15(22)21-12(2)8-9-13-6-4-5-7-14(13)21/h4-7,12H,3,8-11H2,1-2H3,(H,18,19). The number of thioether (sulfide) groups is 1. The number of carbonyl (C=O) groups is 1. The zero-order chi connectivity index (χ0) is 16.9. The van der Waals surface area contributed by atoms with E-state index in [1.165, 1.54) is 28.7 Å². The lowest BCUT2D eigenvalue weighted by molar-refractivity contribution is -0.116. The molecule has 1 aromatic heterocycles. The van der Waals surface area contributed by atoms with Gasteiger partial charge in [0.25, 0.3) is 0 Å². The zero-order valence-electron chi connectivity index (χ0n) is 14.0. The molecule has 5 nitrogen and oxygen atoms in total. The first-order valence-corrected chi connectivity index (χ1v) is 10.1. The Morgan fingerprint density at radius 1 is 1.42 bits per heavy atom. The summed E-state index contributed by atoms with van der Waals surface area (Å²) in [7, 11) is 0. The number of carbonyl (C=O) groups excluding carboxylic acids is 1. The van der Waals surface area contributed by atoms with Crippen molar-refractivity contribution in [1.82, 2.24) is 10.2 Å². The normalized spacial score (nSPS) is 16.8. The summed E-state index contributed by atoms with van der Waals surface area (Å²) in [4.78, 5) is 14.7. The molecular formula is C17H22N4OS2. The molecule has 2 heterocycles. The highest BCUT2D eigenvalue weighted by Gasteiger charge is 2.27. The second-order valence-electron chi connectivity index (χ2n) is 5.87. The molecule has 24 heavy (non-hydrogen) atoms. The molecule has 0 saturated carbocycles. The molecule has 0 aliphatic carbocycles. The van der Waals surface area contributed by atoms with Gasteiger partial charge < -0.3 is 10.2 Å². The Morgan fingerprint density at radius 3 is 3.08 bits per heavy atom. The van der Waals surface area contributed by atoms with Crippen molar-refractivity contribution < 1.29 is 4.79 Å². The van der Waals surface area contributed by atoms with Crippen LogP contribution in [-0.2, 0) is 11.2 Å². The van der Waals surface area contributed by atoms with Crippen LogP contribution in [-0.4, -0.2) is 34.4 Å². The van der Waals surface area contributed by atoms with Gasteiger partial charge in [-0.1, -0.05) is 48.2 Å². The number of hydrogen-bond acceptors (Lipinski definition) is 6. The summed E-state index contributed by atoms with van der Waals surface area (Å²) >= 11 is 2.97. The highest BCUT2D eigenvalue weighted by molar-refractivity contribution is 8.01. The third kappa shape index (κ3) is 3.89. The number of aryl methyl sites for hydroxylation is 1. The quantitative estimate of drug-likeness (QED) is 0.792. The molecule has 1 aromatic carbocycles. The monoisotopic (exact) mass is 362 g/mol. The Bertz CT molecular complexity index is 703. The Balaban J connectivity index is 1.63. The fourth-order valence-electron chi connectivity index (χ4n) is 2.83. The van der Waals surface area contributed by atoms with Gasteiger partial charge in [0.2, 0.25) is 11.0 Å². The summed E-state index contributed by atoms with van der Waals surface area (Å²) in [5, 5.41) is 12.3. The van der Waals surface area contributed by atoms with Gasteiger partial charge in [0.05, 0.1) is 5.75 Å². The molecule has 0 bridgehead atoms. The second-order valence-corrected chi connectivity index (χ2v) is 8.07. The van der Waals surface area contributed by atoms with Gasteiger partial charge in [-0.3, -0.25) is 4.79 Å². The van der Waals surface area contributed by atoms with Crippen LogP contribution < -0.4 is 10.2 Å². The van der Waals surface area contributed by atoms with Crippen molar-refractivity contribution >= 4 is 39.8 Å². The first-order valence-electron chi connectivity index (χ1n) is 8.29. The van der Waals surface area contributed by atoms with E-state index >= 15 is 0 Å². The molecule has 1 amide bonds. The summed E-state index contributed by atoms with van der Waals surface area (Å²) in [6.45, 7) is 5.12. The maximum Gasteiger partial charge on any atom is 0.237 e. The largest absolute Gasteiger partial charge is 0.360 e. The molecule has 0 saturated heterocycles. The van der Waals surface area contributed by atoms with Gasteiger partial charge in [-0.2, -0.15) is 0 Å². The Morgan fingerprint density at radius 2 is 2.25 bits per heavy atom. The maximum absolute atomic E-state index is 12.8. The summed E-state index contributed by atoms with van der Waals surface area (Å²) in [6, 6.07) is 8.44. The van der Waals surface area contributed by atoms with E-state index in [0.717, 1.165) is 41.0 Å². The van der Waals surface area contributed by atoms with E-state index in [4.69, 9.17) is 0 Å². The van der Waals surface area contributed by atoms with Gasteiger partial charge in [0, 0.05) is 18.3 Å². The topological polar surface area (TPSA) is 58.1 Å². The van der Waals surface area contributed by atoms with Gasteiger partial charge in [-0.05, 0) is 37.8 Å². The lowest BCUT2D eigenvalue weighted by Crippen LogP contribution is -2.43. The molecule has 1 aliphatic rings. The van der Waals surface area contributed by atoms with E-state index in [-0.39, 0.29) is 11.9 Å². The van der Waals surface area contributed by atoms with Gasteiger partial charge >= 0.3 is 0 Å².